The van der Waals surface area contributed by atoms with Crippen molar-refractivity contribution in [2.75, 3.05) is 20.8 Å². The van der Waals surface area contributed by atoms with Crippen molar-refractivity contribution in [2.45, 2.75) is 202 Å². The van der Waals surface area contributed by atoms with Gasteiger partial charge < -0.3 is 78.4 Å². The lowest BCUT2D eigenvalue weighted by atomic mass is 9.43. The molecule has 17 heteroatoms. The molecule has 4 aliphatic carbocycles. The van der Waals surface area contributed by atoms with Crippen molar-refractivity contribution in [3.63, 3.8) is 0 Å². The van der Waals surface area contributed by atoms with Gasteiger partial charge in [0.25, 0.3) is 0 Å². The maximum Gasteiger partial charge on any atom is 0.187 e. The molecule has 0 radical (unpaired) electrons. The van der Waals surface area contributed by atoms with Gasteiger partial charge in [0, 0.05) is 37.9 Å². The minimum Gasteiger partial charge on any atom is -0.394 e. The molecular formula is C41H66O17. The molecule has 332 valence electrons. The van der Waals surface area contributed by atoms with Gasteiger partial charge >= 0.3 is 0 Å². The topological polar surface area (TPSA) is 245 Å². The summed E-state index contributed by atoms with van der Waals surface area (Å²) >= 11 is 0. The molecule has 8 fully saturated rings. The fraction of sp³-hybridized carbons (Fsp3) is 0.976. The number of carbonyl (C=O) groups is 1. The van der Waals surface area contributed by atoms with Crippen LogP contribution >= 0.6 is 0 Å². The van der Waals surface area contributed by atoms with E-state index in [1.54, 1.807) is 21.0 Å². The Kier molecular flexibility index (Phi) is 11.8. The van der Waals surface area contributed by atoms with E-state index in [0.29, 0.717) is 12.8 Å². The molecule has 4 heterocycles. The van der Waals surface area contributed by atoms with E-state index < -0.39 is 121 Å². The van der Waals surface area contributed by atoms with Gasteiger partial charge in [0.1, 0.15) is 65.8 Å². The van der Waals surface area contributed by atoms with Gasteiger partial charge in [-0.05, 0) is 77.0 Å². The first kappa shape index (κ1) is 43.7. The van der Waals surface area contributed by atoms with Crippen LogP contribution in [0.4, 0.5) is 0 Å². The Hall–Kier alpha value is -0.970. The molecule has 2 spiro atoms. The van der Waals surface area contributed by atoms with Crippen LogP contribution in [0.3, 0.4) is 0 Å². The van der Waals surface area contributed by atoms with Crippen LogP contribution in [0.25, 0.3) is 0 Å². The van der Waals surface area contributed by atoms with Crippen molar-refractivity contribution in [3.8, 4) is 0 Å². The van der Waals surface area contributed by atoms with Crippen molar-refractivity contribution in [1.29, 1.82) is 0 Å². The molecule has 0 aromatic rings. The monoisotopic (exact) mass is 830 g/mol. The number of carbonyl (C=O) groups excluding carboxylic acids is 1. The van der Waals surface area contributed by atoms with Crippen LogP contribution in [0.1, 0.15) is 86.0 Å². The minimum absolute atomic E-state index is 0.0469. The number of hydrogen-bond donors (Lipinski definition) is 7. The number of fused-ring (bicyclic) bond motifs is 2. The molecule has 4 saturated carbocycles. The van der Waals surface area contributed by atoms with E-state index in [0.717, 1.165) is 38.5 Å². The summed E-state index contributed by atoms with van der Waals surface area (Å²) < 4.78 is 55.4. The fourth-order valence-electron chi connectivity index (χ4n) is 13.4. The zero-order valence-electron chi connectivity index (χ0n) is 34.6. The van der Waals surface area contributed by atoms with E-state index >= 15 is 0 Å². The molecule has 7 N–H and O–H groups in total. The highest BCUT2D eigenvalue weighted by atomic mass is 16.8. The van der Waals surface area contributed by atoms with Gasteiger partial charge in [-0.3, -0.25) is 4.79 Å². The second kappa shape index (κ2) is 15.7. The first-order valence-electron chi connectivity index (χ1n) is 21.3. The zero-order chi connectivity index (χ0) is 41.9. The molecule has 0 amide bonds. The summed E-state index contributed by atoms with van der Waals surface area (Å²) in [4.78, 5) is 12.8. The second-order valence-electron chi connectivity index (χ2n) is 19.1. The molecule has 24 unspecified atom stereocenters. The number of methoxy groups -OCH3 is 2. The number of aliphatic hydroxyl groups excluding tert-OH is 7. The number of Topliss-reactive ketones (excluding diaryl/α,β-unsaturated/α-hetero) is 1. The van der Waals surface area contributed by atoms with Crippen molar-refractivity contribution in [1.82, 2.24) is 0 Å². The van der Waals surface area contributed by atoms with Gasteiger partial charge in [-0.1, -0.05) is 13.8 Å². The second-order valence-corrected chi connectivity index (χ2v) is 19.1. The summed E-state index contributed by atoms with van der Waals surface area (Å²) in [6.45, 7) is 8.68. The number of ketones is 1. The van der Waals surface area contributed by atoms with E-state index in [2.05, 4.69) is 6.92 Å². The van der Waals surface area contributed by atoms with Crippen LogP contribution in [0.15, 0.2) is 0 Å². The van der Waals surface area contributed by atoms with E-state index in [1.165, 1.54) is 7.11 Å². The average molecular weight is 831 g/mol. The highest BCUT2D eigenvalue weighted by Gasteiger charge is 2.90. The average Bonchev–Trinajstić information content (AvgIpc) is 3.73. The summed E-state index contributed by atoms with van der Waals surface area (Å²) in [6.07, 6.45) is -11.6. The largest absolute Gasteiger partial charge is 0.394 e. The van der Waals surface area contributed by atoms with E-state index in [9.17, 15) is 40.5 Å². The third-order valence-electron chi connectivity index (χ3n) is 16.4. The van der Waals surface area contributed by atoms with Crippen molar-refractivity contribution in [3.05, 3.63) is 0 Å². The lowest BCUT2D eigenvalue weighted by Crippen LogP contribution is -2.69. The van der Waals surface area contributed by atoms with Crippen LogP contribution < -0.4 is 0 Å². The highest BCUT2D eigenvalue weighted by Crippen LogP contribution is 2.81. The third kappa shape index (κ3) is 6.35. The Balaban J connectivity index is 0.883. The SMILES string of the molecule is COC1CC(OC2CCC3(C)C(CCC45OC46CCC(C(C)=O)C6(C)C(O)C(O)C35)C2)OC(C)C1OC1OC(C)C(OC2OC(CO)C(O)C(O)C2O)C(OC)C1O. The summed E-state index contributed by atoms with van der Waals surface area (Å²) in [5.41, 5.74) is -2.23. The summed E-state index contributed by atoms with van der Waals surface area (Å²) in [7, 11) is 2.96. The predicted molar refractivity (Wildman–Crippen MR) is 198 cm³/mol. The van der Waals surface area contributed by atoms with Gasteiger partial charge in [0.2, 0.25) is 0 Å². The van der Waals surface area contributed by atoms with Crippen LogP contribution in [0.2, 0.25) is 0 Å². The molecule has 8 rings (SSSR count). The molecular weight excluding hydrogens is 764 g/mol. The Bertz CT molecular complexity index is 1500. The van der Waals surface area contributed by atoms with Crippen LogP contribution in [0, 0.1) is 28.6 Å². The molecule has 17 nitrogen and oxygen atoms in total. The number of rotatable bonds is 10. The minimum atomic E-state index is -1.65. The predicted octanol–water partition coefficient (Wildman–Crippen LogP) is -0.323. The quantitative estimate of drug-likeness (QED) is 0.110. The van der Waals surface area contributed by atoms with Gasteiger partial charge in [0.05, 0.1) is 43.2 Å². The molecule has 58 heavy (non-hydrogen) atoms. The number of aliphatic hydroxyl groups is 7. The molecule has 8 aliphatic rings. The van der Waals surface area contributed by atoms with Crippen LogP contribution in [-0.2, 0) is 47.4 Å². The molecule has 0 aromatic heterocycles. The lowest BCUT2D eigenvalue weighted by molar-refractivity contribution is -0.371. The zero-order valence-corrected chi connectivity index (χ0v) is 34.6. The molecule has 0 aromatic carbocycles. The molecule has 24 atom stereocenters. The summed E-state index contributed by atoms with van der Waals surface area (Å²) in [5.74, 6) is -0.311. The van der Waals surface area contributed by atoms with E-state index in [-0.39, 0.29) is 35.1 Å². The standard InChI is InChI=1S/C41H66O17/c1-17(43)22-10-13-41-39(22,5)35(49)30(48)34-38(4)11-9-21(14-20(38)8-12-40(34,41)58-41)54-25-15-23(50-6)31(18(2)52-25)56-37-29(47)33(51-7)32(19(3)53-37)57-36-28(46)27(45)26(44)24(16-42)55-36/h18-37,42,44-49H,8-16H2,1-7H3. The van der Waals surface area contributed by atoms with Gasteiger partial charge in [-0.25, -0.2) is 0 Å². The first-order chi connectivity index (χ1) is 27.4. The smallest absolute Gasteiger partial charge is 0.187 e. The fourth-order valence-corrected chi connectivity index (χ4v) is 13.4. The number of epoxide rings is 1. The first-order valence-corrected chi connectivity index (χ1v) is 21.3. The Labute approximate surface area is 339 Å². The molecule has 4 aliphatic heterocycles. The van der Waals surface area contributed by atoms with Gasteiger partial charge in [-0.2, -0.15) is 0 Å². The van der Waals surface area contributed by atoms with Crippen molar-refractivity contribution in [2.24, 2.45) is 28.6 Å². The Morgan fingerprint density at radius 2 is 1.41 bits per heavy atom. The van der Waals surface area contributed by atoms with Crippen LogP contribution in [-0.4, -0.2) is 178 Å². The van der Waals surface area contributed by atoms with Gasteiger partial charge in [-0.15, -0.1) is 0 Å². The van der Waals surface area contributed by atoms with Gasteiger partial charge in [0.15, 0.2) is 18.9 Å². The number of ether oxygens (including phenoxy) is 9. The summed E-state index contributed by atoms with van der Waals surface area (Å²) in [5, 5.41) is 75.7. The highest BCUT2D eigenvalue weighted by molar-refractivity contribution is 5.80. The number of hydrogen-bond acceptors (Lipinski definition) is 17. The maximum absolute atomic E-state index is 12.8. The van der Waals surface area contributed by atoms with Crippen molar-refractivity contribution >= 4 is 5.78 Å². The Morgan fingerprint density at radius 3 is 2.09 bits per heavy atom. The van der Waals surface area contributed by atoms with Crippen molar-refractivity contribution < 1.29 is 83.2 Å². The Morgan fingerprint density at radius 1 is 0.724 bits per heavy atom. The van der Waals surface area contributed by atoms with E-state index in [4.69, 9.17) is 42.6 Å². The maximum atomic E-state index is 12.8. The van der Waals surface area contributed by atoms with Crippen LogP contribution in [0.5, 0.6) is 0 Å². The summed E-state index contributed by atoms with van der Waals surface area (Å²) in [6, 6.07) is 0. The van der Waals surface area contributed by atoms with E-state index in [1.807, 2.05) is 13.8 Å². The third-order valence-corrected chi connectivity index (χ3v) is 16.4. The normalized spacial score (nSPS) is 57.8. The molecule has 4 saturated heterocycles. The molecule has 0 bridgehead atoms. The lowest BCUT2D eigenvalue weighted by Gasteiger charge is -2.61.